The number of hydrogen-bond donors (Lipinski definition) is 1. The second-order valence-electron chi connectivity index (χ2n) is 5.97. The summed E-state index contributed by atoms with van der Waals surface area (Å²) in [5, 5.41) is 25.1. The zero-order valence-electron chi connectivity index (χ0n) is 13.9. The average molecular weight is 414 g/mol. The number of carbonyl (C=O) groups excluding carboxylic acids is 1. The molecule has 1 atom stereocenters. The first-order valence-corrected chi connectivity index (χ1v) is 8.12. The molecule has 2 aromatic carbocycles. The molecule has 1 amide bonds. The molecule has 0 saturated carbocycles. The first-order chi connectivity index (χ1) is 13.0. The van der Waals surface area contributed by atoms with Gasteiger partial charge in [-0.05, 0) is 24.3 Å². The van der Waals surface area contributed by atoms with E-state index in [1.807, 2.05) is 0 Å². The van der Waals surface area contributed by atoms with Gasteiger partial charge in [0, 0.05) is 28.3 Å². The minimum Gasteiger partial charge on any atom is -0.362 e. The van der Waals surface area contributed by atoms with Crippen LogP contribution in [0.1, 0.15) is 22.3 Å². The molecule has 2 aromatic rings. The molecule has 1 aliphatic heterocycles. The number of rotatable bonds is 3. The third-order valence-electron chi connectivity index (χ3n) is 4.11. The summed E-state index contributed by atoms with van der Waals surface area (Å²) in [6.07, 6.45) is -6.29. The van der Waals surface area contributed by atoms with Gasteiger partial charge < -0.3 is 5.11 Å². The molecule has 1 heterocycles. The van der Waals surface area contributed by atoms with Crippen LogP contribution in [-0.4, -0.2) is 38.6 Å². The van der Waals surface area contributed by atoms with Gasteiger partial charge in [0.15, 0.2) is 0 Å². The lowest BCUT2D eigenvalue weighted by atomic mass is 10.00. The van der Waals surface area contributed by atoms with Gasteiger partial charge in [0.1, 0.15) is 0 Å². The Labute approximate surface area is 160 Å². The summed E-state index contributed by atoms with van der Waals surface area (Å²) in [6.45, 7) is 0. The van der Waals surface area contributed by atoms with Crippen LogP contribution in [0.2, 0.25) is 5.02 Å². The number of non-ortho nitro benzene ring substituents is 1. The minimum absolute atomic E-state index is 0.0109. The number of hydrogen-bond acceptors (Lipinski definition) is 5. The fourth-order valence-corrected chi connectivity index (χ4v) is 2.78. The second-order valence-corrected chi connectivity index (χ2v) is 6.41. The molecule has 0 saturated heterocycles. The quantitative estimate of drug-likeness (QED) is 0.612. The first-order valence-electron chi connectivity index (χ1n) is 7.74. The summed E-state index contributed by atoms with van der Waals surface area (Å²) in [6, 6.07) is 9.76. The van der Waals surface area contributed by atoms with Gasteiger partial charge >= 0.3 is 6.18 Å². The molecule has 0 aromatic heterocycles. The number of alkyl halides is 3. The van der Waals surface area contributed by atoms with E-state index in [0.29, 0.717) is 0 Å². The molecular weight excluding hydrogens is 403 g/mol. The van der Waals surface area contributed by atoms with Gasteiger partial charge in [-0.15, -0.1) is 0 Å². The molecular formula is C17H11ClF3N3O4. The third kappa shape index (κ3) is 3.43. The van der Waals surface area contributed by atoms with Crippen LogP contribution in [0.3, 0.4) is 0 Å². The van der Waals surface area contributed by atoms with E-state index in [9.17, 15) is 33.2 Å². The summed E-state index contributed by atoms with van der Waals surface area (Å²) in [7, 11) is 0. The molecule has 146 valence electrons. The molecule has 0 unspecified atom stereocenters. The zero-order chi connectivity index (χ0) is 20.7. The Morgan fingerprint density at radius 3 is 2.46 bits per heavy atom. The Morgan fingerprint density at radius 2 is 1.89 bits per heavy atom. The van der Waals surface area contributed by atoms with Gasteiger partial charge in [-0.3, -0.25) is 14.9 Å². The van der Waals surface area contributed by atoms with Crippen molar-refractivity contribution in [1.29, 1.82) is 0 Å². The van der Waals surface area contributed by atoms with Crippen molar-refractivity contribution >= 4 is 28.9 Å². The highest BCUT2D eigenvalue weighted by molar-refractivity contribution is 6.30. The molecule has 0 bridgehead atoms. The molecule has 11 heteroatoms. The third-order valence-corrected chi connectivity index (χ3v) is 4.36. The van der Waals surface area contributed by atoms with Gasteiger partial charge in [0.25, 0.3) is 17.3 Å². The Bertz CT molecular complexity index is 978. The Hall–Kier alpha value is -2.98. The molecule has 28 heavy (non-hydrogen) atoms. The number of nitrogens with zero attached hydrogens (tertiary/aromatic N) is 3. The molecule has 0 radical (unpaired) electrons. The first kappa shape index (κ1) is 19.8. The number of hydrazone groups is 1. The SMILES string of the molecule is O=C(c1ccc(Cl)cc1)N1N=C(c2cccc([N+](=O)[O-])c2)C[C@]1(O)C(F)(F)F. The number of nitro groups is 1. The lowest BCUT2D eigenvalue weighted by molar-refractivity contribution is -0.384. The van der Waals surface area contributed by atoms with Crippen LogP contribution in [0.25, 0.3) is 0 Å². The van der Waals surface area contributed by atoms with Crippen LogP contribution in [0.15, 0.2) is 53.6 Å². The molecule has 0 spiro atoms. The van der Waals surface area contributed by atoms with Gasteiger partial charge in [0.05, 0.1) is 17.1 Å². The van der Waals surface area contributed by atoms with Crippen LogP contribution in [0.5, 0.6) is 0 Å². The van der Waals surface area contributed by atoms with Crippen LogP contribution >= 0.6 is 11.6 Å². The fourth-order valence-electron chi connectivity index (χ4n) is 2.65. The monoisotopic (exact) mass is 413 g/mol. The van der Waals surface area contributed by atoms with Crippen LogP contribution in [0.4, 0.5) is 18.9 Å². The molecule has 3 rings (SSSR count). The van der Waals surface area contributed by atoms with Crippen molar-refractivity contribution in [1.82, 2.24) is 5.01 Å². The number of benzene rings is 2. The highest BCUT2D eigenvalue weighted by Gasteiger charge is 2.63. The summed E-state index contributed by atoms with van der Waals surface area (Å²) in [4.78, 5) is 22.8. The topological polar surface area (TPSA) is 96.0 Å². The number of aliphatic hydroxyl groups is 1. The summed E-state index contributed by atoms with van der Waals surface area (Å²) in [5.41, 5.74) is -4.45. The number of halogens is 4. The lowest BCUT2D eigenvalue weighted by Gasteiger charge is -2.32. The van der Waals surface area contributed by atoms with Crippen molar-refractivity contribution < 1.29 is 28.0 Å². The molecule has 1 aliphatic rings. The van der Waals surface area contributed by atoms with Crippen molar-refractivity contribution in [3.63, 3.8) is 0 Å². The number of nitro benzene ring substituents is 1. The van der Waals surface area contributed by atoms with Gasteiger partial charge in [-0.2, -0.15) is 23.3 Å². The Morgan fingerprint density at radius 1 is 1.25 bits per heavy atom. The standard InChI is InChI=1S/C17H11ClF3N3O4/c18-12-6-4-10(5-7-12)15(25)23-16(26,17(19,20)21)9-14(22-23)11-2-1-3-13(8-11)24(27)28/h1-8,26H,9H2/t16-/m0/s1. The van der Waals surface area contributed by atoms with E-state index >= 15 is 0 Å². The largest absolute Gasteiger partial charge is 0.438 e. The van der Waals surface area contributed by atoms with Crippen LogP contribution < -0.4 is 0 Å². The Kier molecular flexibility index (Phi) is 4.86. The van der Waals surface area contributed by atoms with E-state index in [1.54, 1.807) is 0 Å². The predicted octanol–water partition coefficient (Wildman–Crippen LogP) is 3.75. The molecule has 0 fully saturated rings. The smallest absolute Gasteiger partial charge is 0.362 e. The van der Waals surface area contributed by atoms with E-state index < -0.39 is 29.2 Å². The Balaban J connectivity index is 2.06. The van der Waals surface area contributed by atoms with E-state index in [1.165, 1.54) is 36.4 Å². The maximum Gasteiger partial charge on any atom is 0.438 e. The highest BCUT2D eigenvalue weighted by Crippen LogP contribution is 2.42. The fraction of sp³-hybridized carbons (Fsp3) is 0.176. The maximum absolute atomic E-state index is 13.6. The predicted molar refractivity (Wildman–Crippen MR) is 92.9 cm³/mol. The average Bonchev–Trinajstić information content (AvgIpc) is 3.01. The number of carbonyl (C=O) groups is 1. The van der Waals surface area contributed by atoms with Crippen molar-refractivity contribution in [2.75, 3.05) is 0 Å². The van der Waals surface area contributed by atoms with Gasteiger partial charge in [0.2, 0.25) is 0 Å². The summed E-state index contributed by atoms with van der Waals surface area (Å²) in [5.74, 6) is -1.20. The van der Waals surface area contributed by atoms with Gasteiger partial charge in [-0.25, -0.2) is 0 Å². The minimum atomic E-state index is -5.22. The van der Waals surface area contributed by atoms with E-state index in [-0.39, 0.29) is 32.6 Å². The van der Waals surface area contributed by atoms with Crippen molar-refractivity contribution in [3.8, 4) is 0 Å². The summed E-state index contributed by atoms with van der Waals surface area (Å²) < 4.78 is 40.8. The molecule has 7 nitrogen and oxygen atoms in total. The molecule has 0 aliphatic carbocycles. The maximum atomic E-state index is 13.6. The van der Waals surface area contributed by atoms with Crippen molar-refractivity contribution in [2.24, 2.45) is 5.10 Å². The zero-order valence-corrected chi connectivity index (χ0v) is 14.6. The van der Waals surface area contributed by atoms with Crippen molar-refractivity contribution in [2.45, 2.75) is 18.3 Å². The van der Waals surface area contributed by atoms with Crippen LogP contribution in [-0.2, 0) is 0 Å². The lowest BCUT2D eigenvalue weighted by Crippen LogP contribution is -2.56. The van der Waals surface area contributed by atoms with Crippen LogP contribution in [0, 0.1) is 10.1 Å². The van der Waals surface area contributed by atoms with E-state index in [0.717, 1.165) is 12.1 Å². The van der Waals surface area contributed by atoms with E-state index in [2.05, 4.69) is 5.10 Å². The van der Waals surface area contributed by atoms with Crippen molar-refractivity contribution in [3.05, 3.63) is 74.8 Å². The summed E-state index contributed by atoms with van der Waals surface area (Å²) >= 11 is 5.71. The normalized spacial score (nSPS) is 19.5. The van der Waals surface area contributed by atoms with E-state index in [4.69, 9.17) is 11.6 Å². The van der Waals surface area contributed by atoms with Gasteiger partial charge in [-0.1, -0.05) is 23.7 Å². The second kappa shape index (κ2) is 6.88. The highest BCUT2D eigenvalue weighted by atomic mass is 35.5. The number of amides is 1. The molecule has 1 N–H and O–H groups in total.